The van der Waals surface area contributed by atoms with Crippen LogP contribution in [0.15, 0.2) is 24.3 Å². The second-order valence-electron chi connectivity index (χ2n) is 4.36. The van der Waals surface area contributed by atoms with Gasteiger partial charge in [0.2, 0.25) is 0 Å². The molecule has 15 heavy (non-hydrogen) atoms. The topological polar surface area (TPSA) is 12.0 Å². The minimum Gasteiger partial charge on any atom is -0.313 e. The molecule has 82 valence electrons. The molecule has 0 aromatic heterocycles. The van der Waals surface area contributed by atoms with Crippen LogP contribution in [0.5, 0.6) is 0 Å². The molecule has 1 aliphatic carbocycles. The smallest absolute Gasteiger partial charge is 0.0130 e. The first-order valence-electron chi connectivity index (χ1n) is 5.61. The van der Waals surface area contributed by atoms with Crippen molar-refractivity contribution < 1.29 is 0 Å². The van der Waals surface area contributed by atoms with Crippen LogP contribution < -0.4 is 5.32 Å². The summed E-state index contributed by atoms with van der Waals surface area (Å²) < 4.78 is 0. The summed E-state index contributed by atoms with van der Waals surface area (Å²) in [5.41, 5.74) is 3.10. The Labute approximate surface area is 96.7 Å². The molecule has 1 aromatic rings. The van der Waals surface area contributed by atoms with Gasteiger partial charge in [0.15, 0.2) is 0 Å². The van der Waals surface area contributed by atoms with Crippen LogP contribution in [0.4, 0.5) is 0 Å². The highest BCUT2D eigenvalue weighted by atomic mass is 32.2. The molecule has 2 unspecified atom stereocenters. The summed E-state index contributed by atoms with van der Waals surface area (Å²) in [4.78, 5) is 0. The van der Waals surface area contributed by atoms with Gasteiger partial charge in [-0.05, 0) is 30.7 Å². The van der Waals surface area contributed by atoms with Gasteiger partial charge >= 0.3 is 0 Å². The van der Waals surface area contributed by atoms with E-state index in [0.29, 0.717) is 6.04 Å². The summed E-state index contributed by atoms with van der Waals surface area (Å²) >= 11 is 1.91. The third kappa shape index (κ3) is 2.56. The number of fused-ring (bicyclic) bond motifs is 1. The lowest BCUT2D eigenvalue weighted by Crippen LogP contribution is -2.35. The predicted molar refractivity (Wildman–Crippen MR) is 68.7 cm³/mol. The molecule has 2 rings (SSSR count). The fraction of sp³-hybridized carbons (Fsp3) is 0.538. The lowest BCUT2D eigenvalue weighted by atomic mass is 9.77. The Bertz CT molecular complexity index is 324. The van der Waals surface area contributed by atoms with Crippen LogP contribution in [-0.4, -0.2) is 24.6 Å². The maximum absolute atomic E-state index is 3.61. The van der Waals surface area contributed by atoms with Gasteiger partial charge < -0.3 is 5.32 Å². The summed E-state index contributed by atoms with van der Waals surface area (Å²) in [5.74, 6) is 1.96. The van der Waals surface area contributed by atoms with Crippen LogP contribution >= 0.6 is 11.8 Å². The first-order chi connectivity index (χ1) is 7.31. The van der Waals surface area contributed by atoms with Crippen LogP contribution in [0.2, 0.25) is 0 Å². The van der Waals surface area contributed by atoms with Gasteiger partial charge in [-0.3, -0.25) is 0 Å². The highest BCUT2D eigenvalue weighted by Gasteiger charge is 2.24. The number of benzene rings is 1. The quantitative estimate of drug-likeness (QED) is 0.820. The van der Waals surface area contributed by atoms with Crippen molar-refractivity contribution in [3.63, 3.8) is 0 Å². The molecule has 0 saturated heterocycles. The maximum Gasteiger partial charge on any atom is 0.0130 e. The molecule has 0 radical (unpaired) electrons. The van der Waals surface area contributed by atoms with Crippen molar-refractivity contribution in [3.8, 4) is 0 Å². The molecule has 2 heteroatoms. The van der Waals surface area contributed by atoms with E-state index in [1.54, 1.807) is 11.1 Å². The summed E-state index contributed by atoms with van der Waals surface area (Å²) in [5, 5.41) is 3.61. The van der Waals surface area contributed by atoms with Gasteiger partial charge in [0, 0.05) is 24.3 Å². The molecule has 0 saturated carbocycles. The molecule has 0 spiro atoms. The molecular weight excluding hydrogens is 202 g/mol. The highest BCUT2D eigenvalue weighted by molar-refractivity contribution is 7.98. The largest absolute Gasteiger partial charge is 0.313 e. The third-order valence-electron chi connectivity index (χ3n) is 3.09. The van der Waals surface area contributed by atoms with Crippen molar-refractivity contribution in [2.24, 2.45) is 0 Å². The second-order valence-corrected chi connectivity index (χ2v) is 5.28. The van der Waals surface area contributed by atoms with Crippen LogP contribution in [0, 0.1) is 0 Å². The second kappa shape index (κ2) is 5.04. The van der Waals surface area contributed by atoms with Crippen molar-refractivity contribution in [2.45, 2.75) is 25.3 Å². The van der Waals surface area contributed by atoms with Gasteiger partial charge in [0.1, 0.15) is 0 Å². The van der Waals surface area contributed by atoms with E-state index in [2.05, 4.69) is 42.8 Å². The van der Waals surface area contributed by atoms with E-state index in [1.807, 2.05) is 11.8 Å². The third-order valence-corrected chi connectivity index (χ3v) is 3.92. The average molecular weight is 221 g/mol. The Kier molecular flexibility index (Phi) is 3.71. The fourth-order valence-corrected chi connectivity index (χ4v) is 2.82. The molecule has 2 atom stereocenters. The minimum absolute atomic E-state index is 0.632. The van der Waals surface area contributed by atoms with E-state index in [0.717, 1.165) is 12.5 Å². The number of rotatable bonds is 5. The molecule has 1 nitrogen and oxygen atoms in total. The van der Waals surface area contributed by atoms with Gasteiger partial charge in [-0.2, -0.15) is 11.8 Å². The lowest BCUT2D eigenvalue weighted by Gasteiger charge is -2.31. The van der Waals surface area contributed by atoms with Crippen molar-refractivity contribution >= 4 is 11.8 Å². The zero-order valence-electron chi connectivity index (χ0n) is 9.49. The molecule has 0 heterocycles. The summed E-state index contributed by atoms with van der Waals surface area (Å²) in [6.45, 7) is 3.40. The van der Waals surface area contributed by atoms with Gasteiger partial charge in [-0.25, -0.2) is 0 Å². The molecule has 1 N–H and O–H groups in total. The molecule has 1 aromatic carbocycles. The Hall–Kier alpha value is -0.470. The number of nitrogens with one attached hydrogen (secondary N) is 1. The lowest BCUT2D eigenvalue weighted by molar-refractivity contribution is 0.500. The van der Waals surface area contributed by atoms with Crippen molar-refractivity contribution in [1.29, 1.82) is 0 Å². The molecule has 0 amide bonds. The van der Waals surface area contributed by atoms with E-state index >= 15 is 0 Å². The standard InChI is InChI=1S/C13H19NS/c1-10(9-15-2)14-8-12-7-11-5-3-4-6-13(11)12/h3-6,10,12,14H,7-9H2,1-2H3. The van der Waals surface area contributed by atoms with Crippen LogP contribution in [0.1, 0.15) is 24.0 Å². The zero-order valence-corrected chi connectivity index (χ0v) is 10.3. The Morgan fingerprint density at radius 2 is 2.27 bits per heavy atom. The van der Waals surface area contributed by atoms with Gasteiger partial charge in [-0.1, -0.05) is 24.3 Å². The van der Waals surface area contributed by atoms with E-state index < -0.39 is 0 Å². The predicted octanol–water partition coefficient (Wildman–Crippen LogP) is 2.67. The van der Waals surface area contributed by atoms with Crippen LogP contribution in [0.25, 0.3) is 0 Å². The Morgan fingerprint density at radius 3 is 3.00 bits per heavy atom. The summed E-state index contributed by atoms with van der Waals surface area (Å²) in [7, 11) is 0. The average Bonchev–Trinajstić information content (AvgIpc) is 2.20. The SMILES string of the molecule is CSCC(C)NCC1Cc2ccccc21. The van der Waals surface area contributed by atoms with E-state index in [9.17, 15) is 0 Å². The van der Waals surface area contributed by atoms with E-state index in [-0.39, 0.29) is 0 Å². The Morgan fingerprint density at radius 1 is 1.47 bits per heavy atom. The molecule has 0 bridgehead atoms. The fourth-order valence-electron chi connectivity index (χ4n) is 2.20. The number of thioether (sulfide) groups is 1. The van der Waals surface area contributed by atoms with Gasteiger partial charge in [0.05, 0.1) is 0 Å². The monoisotopic (exact) mass is 221 g/mol. The van der Waals surface area contributed by atoms with Crippen molar-refractivity contribution in [2.75, 3.05) is 18.6 Å². The van der Waals surface area contributed by atoms with Crippen molar-refractivity contribution in [3.05, 3.63) is 35.4 Å². The highest BCUT2D eigenvalue weighted by Crippen LogP contribution is 2.34. The Balaban J connectivity index is 1.80. The molecule has 0 aliphatic heterocycles. The van der Waals surface area contributed by atoms with Crippen molar-refractivity contribution in [1.82, 2.24) is 5.32 Å². The maximum atomic E-state index is 3.61. The summed E-state index contributed by atoms with van der Waals surface area (Å²) in [6, 6.07) is 9.43. The summed E-state index contributed by atoms with van der Waals surface area (Å²) in [6.07, 6.45) is 3.42. The normalized spacial score (nSPS) is 20.5. The first kappa shape index (κ1) is 11.0. The number of hydrogen-bond donors (Lipinski definition) is 1. The number of hydrogen-bond acceptors (Lipinski definition) is 2. The van der Waals surface area contributed by atoms with Gasteiger partial charge in [0.25, 0.3) is 0 Å². The van der Waals surface area contributed by atoms with E-state index in [4.69, 9.17) is 0 Å². The molecular formula is C13H19NS. The molecule has 1 aliphatic rings. The van der Waals surface area contributed by atoms with E-state index in [1.165, 1.54) is 12.2 Å². The first-order valence-corrected chi connectivity index (χ1v) is 7.00. The zero-order chi connectivity index (χ0) is 10.7. The minimum atomic E-state index is 0.632. The molecule has 0 fully saturated rings. The van der Waals surface area contributed by atoms with Gasteiger partial charge in [-0.15, -0.1) is 0 Å². The van der Waals surface area contributed by atoms with Crippen LogP contribution in [-0.2, 0) is 6.42 Å². The van der Waals surface area contributed by atoms with Crippen LogP contribution in [0.3, 0.4) is 0 Å².